The molecule has 0 amide bonds. The number of aliphatic carboxylic acids is 1. The molecule has 1 aromatic rings. The van der Waals surface area contributed by atoms with Crippen LogP contribution in [0.1, 0.15) is 20.8 Å². The molecule has 106 valence electrons. The highest BCUT2D eigenvalue weighted by atomic mass is 16.4. The number of anilines is 1. The van der Waals surface area contributed by atoms with E-state index in [0.29, 0.717) is 0 Å². The number of hydrogen-bond donors (Lipinski definition) is 1. The van der Waals surface area contributed by atoms with Gasteiger partial charge in [-0.15, -0.1) is 5.10 Å². The second kappa shape index (κ2) is 4.87. The minimum atomic E-state index is -1.30. The van der Waals surface area contributed by atoms with E-state index < -0.39 is 22.8 Å². The van der Waals surface area contributed by atoms with E-state index >= 15 is 0 Å². The van der Waals surface area contributed by atoms with E-state index in [9.17, 15) is 19.5 Å². The van der Waals surface area contributed by atoms with Crippen LogP contribution < -0.4 is 16.1 Å². The zero-order valence-electron chi connectivity index (χ0n) is 11.7. The van der Waals surface area contributed by atoms with Crippen molar-refractivity contribution in [3.05, 3.63) is 20.8 Å². The summed E-state index contributed by atoms with van der Waals surface area (Å²) in [4.78, 5) is 36.3. The summed E-state index contributed by atoms with van der Waals surface area (Å²) in [6, 6.07) is 0. The van der Waals surface area contributed by atoms with E-state index in [1.807, 2.05) is 0 Å². The van der Waals surface area contributed by atoms with E-state index in [2.05, 4.69) is 5.10 Å². The fourth-order valence-corrected chi connectivity index (χ4v) is 1.78. The SMILES string of the molecule is CCN(c1nn(C)c(=O)n(C)c1=O)C(C)(C)C(=O)O. The Labute approximate surface area is 109 Å². The third-order valence-corrected chi connectivity index (χ3v) is 3.07. The minimum absolute atomic E-state index is 0.0560. The first-order chi connectivity index (χ1) is 8.64. The Morgan fingerprint density at radius 2 is 1.89 bits per heavy atom. The quantitative estimate of drug-likeness (QED) is 0.767. The van der Waals surface area contributed by atoms with Crippen molar-refractivity contribution in [2.24, 2.45) is 14.1 Å². The van der Waals surface area contributed by atoms with Gasteiger partial charge in [0.15, 0.2) is 0 Å². The van der Waals surface area contributed by atoms with Crippen LogP contribution in [-0.2, 0) is 18.9 Å². The Balaban J connectivity index is 3.57. The van der Waals surface area contributed by atoms with Gasteiger partial charge in [0.25, 0.3) is 5.56 Å². The van der Waals surface area contributed by atoms with E-state index in [1.165, 1.54) is 32.8 Å². The molecule has 0 spiro atoms. The monoisotopic (exact) mass is 270 g/mol. The van der Waals surface area contributed by atoms with Crippen molar-refractivity contribution >= 4 is 11.8 Å². The second-order valence-corrected chi connectivity index (χ2v) is 4.70. The maximum Gasteiger partial charge on any atom is 0.346 e. The molecule has 0 saturated heterocycles. The van der Waals surface area contributed by atoms with Crippen LogP contribution in [0.5, 0.6) is 0 Å². The molecular formula is C11H18N4O4. The maximum absolute atomic E-state index is 12.1. The zero-order valence-corrected chi connectivity index (χ0v) is 11.7. The van der Waals surface area contributed by atoms with Crippen LogP contribution in [0.15, 0.2) is 9.59 Å². The molecule has 1 N–H and O–H groups in total. The molecule has 19 heavy (non-hydrogen) atoms. The normalized spacial score (nSPS) is 11.4. The highest BCUT2D eigenvalue weighted by Gasteiger charge is 2.36. The first-order valence-electron chi connectivity index (χ1n) is 5.80. The van der Waals surface area contributed by atoms with Gasteiger partial charge in [0.2, 0.25) is 5.82 Å². The molecule has 0 aliphatic rings. The number of carboxylic acid groups (broad SMARTS) is 1. The van der Waals surface area contributed by atoms with Gasteiger partial charge in [-0.05, 0) is 20.8 Å². The van der Waals surface area contributed by atoms with Crippen molar-refractivity contribution in [1.82, 2.24) is 14.3 Å². The second-order valence-electron chi connectivity index (χ2n) is 4.70. The number of rotatable bonds is 4. The smallest absolute Gasteiger partial charge is 0.346 e. The van der Waals surface area contributed by atoms with E-state index in [4.69, 9.17) is 0 Å². The van der Waals surface area contributed by atoms with Crippen molar-refractivity contribution in [2.45, 2.75) is 26.3 Å². The molecule has 0 atom stereocenters. The van der Waals surface area contributed by atoms with Gasteiger partial charge in [0, 0.05) is 20.6 Å². The Morgan fingerprint density at radius 3 is 2.32 bits per heavy atom. The number of carbonyl (C=O) groups is 1. The van der Waals surface area contributed by atoms with Crippen LogP contribution in [0.4, 0.5) is 5.82 Å². The molecule has 0 fully saturated rings. The van der Waals surface area contributed by atoms with Gasteiger partial charge in [-0.2, -0.15) is 0 Å². The van der Waals surface area contributed by atoms with E-state index in [-0.39, 0.29) is 12.4 Å². The Hall–Kier alpha value is -2.12. The van der Waals surface area contributed by atoms with Crippen LogP contribution in [0.3, 0.4) is 0 Å². The van der Waals surface area contributed by atoms with Crippen molar-refractivity contribution in [3.63, 3.8) is 0 Å². The molecule has 8 nitrogen and oxygen atoms in total. The van der Waals surface area contributed by atoms with Gasteiger partial charge >= 0.3 is 11.7 Å². The van der Waals surface area contributed by atoms with Crippen molar-refractivity contribution < 1.29 is 9.90 Å². The number of aryl methyl sites for hydroxylation is 1. The van der Waals surface area contributed by atoms with Gasteiger partial charge in [0.05, 0.1) is 0 Å². The Kier molecular flexibility index (Phi) is 3.83. The molecule has 1 rings (SSSR count). The fourth-order valence-electron chi connectivity index (χ4n) is 1.78. The third kappa shape index (κ3) is 2.38. The highest BCUT2D eigenvalue weighted by Crippen LogP contribution is 2.18. The van der Waals surface area contributed by atoms with Crippen LogP contribution in [-0.4, -0.2) is 37.5 Å². The molecule has 0 aliphatic carbocycles. The van der Waals surface area contributed by atoms with Crippen LogP contribution >= 0.6 is 0 Å². The molecule has 1 aromatic heterocycles. The number of carboxylic acids is 1. The lowest BCUT2D eigenvalue weighted by Crippen LogP contribution is -2.54. The van der Waals surface area contributed by atoms with Crippen molar-refractivity contribution in [3.8, 4) is 0 Å². The van der Waals surface area contributed by atoms with Gasteiger partial charge in [-0.1, -0.05) is 0 Å². The van der Waals surface area contributed by atoms with Crippen molar-refractivity contribution in [1.29, 1.82) is 0 Å². The minimum Gasteiger partial charge on any atom is -0.480 e. The molecule has 0 aromatic carbocycles. The lowest BCUT2D eigenvalue weighted by molar-refractivity contribution is -0.142. The summed E-state index contributed by atoms with van der Waals surface area (Å²) >= 11 is 0. The van der Waals surface area contributed by atoms with Gasteiger partial charge in [0.1, 0.15) is 5.54 Å². The molecule has 0 aliphatic heterocycles. The van der Waals surface area contributed by atoms with E-state index in [0.717, 1.165) is 9.25 Å². The fraction of sp³-hybridized carbons (Fsp3) is 0.636. The average Bonchev–Trinajstić information content (AvgIpc) is 2.33. The Bertz CT molecular complexity index is 614. The number of aromatic nitrogens is 3. The lowest BCUT2D eigenvalue weighted by Gasteiger charge is -2.34. The largest absolute Gasteiger partial charge is 0.480 e. The number of hydrogen-bond acceptors (Lipinski definition) is 5. The standard InChI is InChI=1S/C11H18N4O4/c1-6-15(11(2,3)9(17)18)7-8(16)13(4)10(19)14(5)12-7/h6H2,1-5H3,(H,17,18). The van der Waals surface area contributed by atoms with E-state index in [1.54, 1.807) is 6.92 Å². The van der Waals surface area contributed by atoms with Crippen LogP contribution in [0, 0.1) is 0 Å². The molecule has 0 saturated carbocycles. The van der Waals surface area contributed by atoms with Crippen LogP contribution in [0.25, 0.3) is 0 Å². The summed E-state index contributed by atoms with van der Waals surface area (Å²) in [6.45, 7) is 4.95. The zero-order chi connectivity index (χ0) is 15.0. The molecule has 8 heteroatoms. The topological polar surface area (TPSA) is 97.4 Å². The summed E-state index contributed by atoms with van der Waals surface area (Å²) in [7, 11) is 2.74. The number of nitrogens with zero attached hydrogens (tertiary/aromatic N) is 4. The summed E-state index contributed by atoms with van der Waals surface area (Å²) in [5, 5.41) is 13.1. The highest BCUT2D eigenvalue weighted by molar-refractivity contribution is 5.82. The predicted octanol–water partition coefficient (Wildman–Crippen LogP) is -0.831. The van der Waals surface area contributed by atoms with Crippen molar-refractivity contribution in [2.75, 3.05) is 11.4 Å². The Morgan fingerprint density at radius 1 is 1.37 bits per heavy atom. The lowest BCUT2D eigenvalue weighted by atomic mass is 10.0. The molecule has 0 radical (unpaired) electrons. The van der Waals surface area contributed by atoms with Gasteiger partial charge in [-0.3, -0.25) is 9.36 Å². The average molecular weight is 270 g/mol. The summed E-state index contributed by atoms with van der Waals surface area (Å²) in [5.74, 6) is -1.13. The molecular weight excluding hydrogens is 252 g/mol. The summed E-state index contributed by atoms with van der Waals surface area (Å²) in [5.41, 5.74) is -2.47. The van der Waals surface area contributed by atoms with Gasteiger partial charge < -0.3 is 10.0 Å². The molecule has 0 bridgehead atoms. The molecule has 0 unspecified atom stereocenters. The maximum atomic E-state index is 12.1. The number of likely N-dealkylation sites (N-methyl/N-ethyl adjacent to an activating group) is 1. The predicted molar refractivity (Wildman–Crippen MR) is 69.5 cm³/mol. The first kappa shape index (κ1) is 14.9. The molecule has 1 heterocycles. The first-order valence-corrected chi connectivity index (χ1v) is 5.80. The summed E-state index contributed by atoms with van der Waals surface area (Å²) < 4.78 is 1.92. The summed E-state index contributed by atoms with van der Waals surface area (Å²) in [6.07, 6.45) is 0. The third-order valence-electron chi connectivity index (χ3n) is 3.07. The van der Waals surface area contributed by atoms with Crippen LogP contribution in [0.2, 0.25) is 0 Å². The van der Waals surface area contributed by atoms with Gasteiger partial charge in [-0.25, -0.2) is 14.3 Å².